The minimum atomic E-state index is -0.186. The normalized spacial score (nSPS) is 11.8. The van der Waals surface area contributed by atoms with Crippen LogP contribution in [0.15, 0.2) is 71.7 Å². The first kappa shape index (κ1) is 19.8. The Balaban J connectivity index is 1.44. The smallest absolute Gasteiger partial charge is 0.251 e. The maximum absolute atomic E-state index is 12.8. The number of hydrogen-bond donors (Lipinski definition) is 1. The summed E-state index contributed by atoms with van der Waals surface area (Å²) >= 11 is 1.53. The summed E-state index contributed by atoms with van der Waals surface area (Å²) in [5.74, 6) is 0.477. The summed E-state index contributed by atoms with van der Waals surface area (Å²) in [6.45, 7) is 4.34. The lowest BCUT2D eigenvalue weighted by molar-refractivity contribution is 0.0939. The lowest BCUT2D eigenvalue weighted by Crippen LogP contribution is -2.27. The van der Waals surface area contributed by atoms with E-state index in [2.05, 4.69) is 15.4 Å². The van der Waals surface area contributed by atoms with Crippen molar-refractivity contribution in [2.75, 3.05) is 0 Å². The number of amides is 1. The Morgan fingerprint density at radius 1 is 1.20 bits per heavy atom. The zero-order valence-electron chi connectivity index (χ0n) is 16.8. The van der Waals surface area contributed by atoms with Gasteiger partial charge in [-0.1, -0.05) is 24.3 Å². The number of hydrogen-bond acceptors (Lipinski definition) is 5. The standard InChI is InChI=1S/C23H22N4O2S/c1-16(22-12-25-27(17(22)2)20-8-4-3-5-9-20)26-23(28)18-7-6-10-21(11-18)29-13-19-14-30-15-24-19/h3-12,14-16H,13H2,1-2H3,(H,26,28). The molecule has 0 aliphatic carbocycles. The van der Waals surface area contributed by atoms with E-state index in [4.69, 9.17) is 4.74 Å². The molecular weight excluding hydrogens is 396 g/mol. The van der Waals surface area contributed by atoms with Crippen LogP contribution in [0.5, 0.6) is 5.75 Å². The predicted octanol–water partition coefficient (Wildman–Crippen LogP) is 4.71. The first-order chi connectivity index (χ1) is 14.6. The van der Waals surface area contributed by atoms with Gasteiger partial charge >= 0.3 is 0 Å². The number of ether oxygens (including phenoxy) is 1. The molecule has 0 aliphatic rings. The molecule has 0 bridgehead atoms. The summed E-state index contributed by atoms with van der Waals surface area (Å²) in [7, 11) is 0. The third-order valence-corrected chi connectivity index (χ3v) is 5.46. The Kier molecular flexibility index (Phi) is 5.90. The predicted molar refractivity (Wildman–Crippen MR) is 117 cm³/mol. The third kappa shape index (κ3) is 4.41. The van der Waals surface area contributed by atoms with Crippen molar-refractivity contribution >= 4 is 17.2 Å². The highest BCUT2D eigenvalue weighted by Crippen LogP contribution is 2.21. The summed E-state index contributed by atoms with van der Waals surface area (Å²) in [6, 6.07) is 16.9. The van der Waals surface area contributed by atoms with E-state index in [1.54, 1.807) is 23.8 Å². The van der Waals surface area contributed by atoms with Gasteiger partial charge in [0.25, 0.3) is 5.91 Å². The zero-order valence-corrected chi connectivity index (χ0v) is 17.6. The van der Waals surface area contributed by atoms with E-state index in [1.807, 2.05) is 66.4 Å². The van der Waals surface area contributed by atoms with Crippen LogP contribution in [0.25, 0.3) is 5.69 Å². The summed E-state index contributed by atoms with van der Waals surface area (Å²) in [5.41, 5.74) is 6.15. The van der Waals surface area contributed by atoms with Crippen molar-refractivity contribution in [3.63, 3.8) is 0 Å². The van der Waals surface area contributed by atoms with E-state index in [1.165, 1.54) is 11.3 Å². The molecule has 7 heteroatoms. The molecule has 0 fully saturated rings. The average molecular weight is 419 g/mol. The molecule has 2 heterocycles. The van der Waals surface area contributed by atoms with Gasteiger partial charge in [-0.2, -0.15) is 5.10 Å². The molecule has 0 spiro atoms. The fourth-order valence-corrected chi connectivity index (χ4v) is 3.77. The number of nitrogens with one attached hydrogen (secondary N) is 1. The first-order valence-corrected chi connectivity index (χ1v) is 10.6. The highest BCUT2D eigenvalue weighted by Gasteiger charge is 2.17. The topological polar surface area (TPSA) is 69.0 Å². The highest BCUT2D eigenvalue weighted by molar-refractivity contribution is 7.07. The van der Waals surface area contributed by atoms with E-state index in [0.717, 1.165) is 22.6 Å². The van der Waals surface area contributed by atoms with Crippen molar-refractivity contribution in [3.05, 3.63) is 94.2 Å². The molecule has 0 radical (unpaired) electrons. The van der Waals surface area contributed by atoms with Gasteiger partial charge in [-0.05, 0) is 44.2 Å². The molecular formula is C23H22N4O2S. The molecule has 1 atom stereocenters. The van der Waals surface area contributed by atoms with Crippen LogP contribution in [0, 0.1) is 6.92 Å². The van der Waals surface area contributed by atoms with E-state index >= 15 is 0 Å². The molecule has 4 aromatic rings. The molecule has 4 rings (SSSR count). The quantitative estimate of drug-likeness (QED) is 0.472. The van der Waals surface area contributed by atoms with Crippen LogP contribution in [0.2, 0.25) is 0 Å². The molecule has 0 aliphatic heterocycles. The van der Waals surface area contributed by atoms with Crippen LogP contribution in [-0.2, 0) is 6.61 Å². The van der Waals surface area contributed by atoms with E-state index in [-0.39, 0.29) is 11.9 Å². The lowest BCUT2D eigenvalue weighted by Gasteiger charge is -2.15. The maximum Gasteiger partial charge on any atom is 0.251 e. The number of rotatable bonds is 7. The summed E-state index contributed by atoms with van der Waals surface area (Å²) in [4.78, 5) is 17.0. The van der Waals surface area contributed by atoms with Gasteiger partial charge in [0.15, 0.2) is 0 Å². The first-order valence-electron chi connectivity index (χ1n) is 9.62. The summed E-state index contributed by atoms with van der Waals surface area (Å²) in [5, 5.41) is 9.49. The minimum Gasteiger partial charge on any atom is -0.487 e. The third-order valence-electron chi connectivity index (χ3n) is 4.83. The Morgan fingerprint density at radius 2 is 2.03 bits per heavy atom. The van der Waals surface area contributed by atoms with Gasteiger partial charge in [0.05, 0.1) is 29.1 Å². The molecule has 6 nitrogen and oxygen atoms in total. The number of nitrogens with zero attached hydrogens (tertiary/aromatic N) is 3. The van der Waals surface area contributed by atoms with E-state index < -0.39 is 0 Å². The van der Waals surface area contributed by atoms with Crippen molar-refractivity contribution < 1.29 is 9.53 Å². The monoisotopic (exact) mass is 418 g/mol. The number of carbonyl (C=O) groups excluding carboxylic acids is 1. The van der Waals surface area contributed by atoms with Crippen molar-refractivity contribution in [3.8, 4) is 11.4 Å². The second kappa shape index (κ2) is 8.92. The molecule has 0 saturated heterocycles. The van der Waals surface area contributed by atoms with Crippen LogP contribution in [0.3, 0.4) is 0 Å². The molecule has 30 heavy (non-hydrogen) atoms. The lowest BCUT2D eigenvalue weighted by atomic mass is 10.1. The minimum absolute atomic E-state index is 0.159. The fourth-order valence-electron chi connectivity index (χ4n) is 3.23. The molecule has 152 valence electrons. The van der Waals surface area contributed by atoms with Crippen LogP contribution in [-0.4, -0.2) is 20.7 Å². The molecule has 1 amide bonds. The Morgan fingerprint density at radius 3 is 2.80 bits per heavy atom. The SMILES string of the molecule is Cc1c(C(C)NC(=O)c2cccc(OCc3cscn3)c2)cnn1-c1ccccc1. The summed E-state index contributed by atoms with van der Waals surface area (Å²) in [6.07, 6.45) is 1.81. The van der Waals surface area contributed by atoms with Gasteiger partial charge in [-0.25, -0.2) is 9.67 Å². The second-order valence-corrected chi connectivity index (χ2v) is 7.64. The number of thiazole rings is 1. The van der Waals surface area contributed by atoms with Gasteiger partial charge in [-0.15, -0.1) is 11.3 Å². The van der Waals surface area contributed by atoms with E-state index in [0.29, 0.717) is 17.9 Å². The van der Waals surface area contributed by atoms with Crippen molar-refractivity contribution in [1.82, 2.24) is 20.1 Å². The van der Waals surface area contributed by atoms with Gasteiger partial charge in [0, 0.05) is 22.2 Å². The van der Waals surface area contributed by atoms with Crippen molar-refractivity contribution in [2.45, 2.75) is 26.5 Å². The molecule has 1 unspecified atom stereocenters. The van der Waals surface area contributed by atoms with Crippen LogP contribution in [0.4, 0.5) is 0 Å². The van der Waals surface area contributed by atoms with Crippen molar-refractivity contribution in [2.24, 2.45) is 0 Å². The van der Waals surface area contributed by atoms with Gasteiger partial charge < -0.3 is 10.1 Å². The largest absolute Gasteiger partial charge is 0.487 e. The number of aromatic nitrogens is 3. The zero-order chi connectivity index (χ0) is 20.9. The van der Waals surface area contributed by atoms with Crippen LogP contribution in [0.1, 0.15) is 40.3 Å². The maximum atomic E-state index is 12.8. The van der Waals surface area contributed by atoms with Crippen LogP contribution < -0.4 is 10.1 Å². The van der Waals surface area contributed by atoms with Gasteiger partial charge in [-0.3, -0.25) is 4.79 Å². The number of carbonyl (C=O) groups is 1. The Bertz CT molecular complexity index is 1120. The Hall–Kier alpha value is -3.45. The van der Waals surface area contributed by atoms with Gasteiger partial charge in [0.2, 0.25) is 0 Å². The number of para-hydroxylation sites is 1. The number of benzene rings is 2. The molecule has 0 saturated carbocycles. The molecule has 2 aromatic heterocycles. The second-order valence-electron chi connectivity index (χ2n) is 6.92. The summed E-state index contributed by atoms with van der Waals surface area (Å²) < 4.78 is 7.63. The molecule has 1 N–H and O–H groups in total. The van der Waals surface area contributed by atoms with E-state index in [9.17, 15) is 4.79 Å². The van der Waals surface area contributed by atoms with Gasteiger partial charge in [0.1, 0.15) is 12.4 Å². The fraction of sp³-hybridized carbons (Fsp3) is 0.174. The average Bonchev–Trinajstić information content (AvgIpc) is 3.42. The van der Waals surface area contributed by atoms with Crippen molar-refractivity contribution in [1.29, 1.82) is 0 Å². The Labute approximate surface area is 179 Å². The molecule has 2 aromatic carbocycles. The highest BCUT2D eigenvalue weighted by atomic mass is 32.1. The van der Waals surface area contributed by atoms with Crippen LogP contribution >= 0.6 is 11.3 Å².